The average molecular weight is 352 g/mol. The maximum absolute atomic E-state index is 12.8. The number of amides is 2. The van der Waals surface area contributed by atoms with Crippen LogP contribution in [0, 0.1) is 0 Å². The predicted octanol–water partition coefficient (Wildman–Crippen LogP) is 2.45. The van der Waals surface area contributed by atoms with Crippen molar-refractivity contribution in [3.05, 3.63) is 59.7 Å². The first-order valence-electron chi connectivity index (χ1n) is 8.65. The molecule has 6 heteroatoms. The zero-order chi connectivity index (χ0) is 18.1. The monoisotopic (exact) mass is 352 g/mol. The first kappa shape index (κ1) is 16.4. The van der Waals surface area contributed by atoms with Crippen LogP contribution in [-0.2, 0) is 0 Å². The molecule has 2 amide bonds. The van der Waals surface area contributed by atoms with Crippen molar-refractivity contribution in [2.24, 2.45) is 0 Å². The number of rotatable bonds is 2. The van der Waals surface area contributed by atoms with Crippen LogP contribution in [0.25, 0.3) is 0 Å². The van der Waals surface area contributed by atoms with Gasteiger partial charge < -0.3 is 19.7 Å². The Morgan fingerprint density at radius 3 is 2.58 bits per heavy atom. The fourth-order valence-electron chi connectivity index (χ4n) is 3.54. The molecule has 134 valence electrons. The molecule has 2 aliphatic heterocycles. The fraction of sp³-hybridized carbons (Fsp3) is 0.300. The van der Waals surface area contributed by atoms with Crippen molar-refractivity contribution in [3.63, 3.8) is 0 Å². The average Bonchev–Trinajstić information content (AvgIpc) is 2.68. The minimum Gasteiger partial charge on any atom is -0.496 e. The number of piperidine rings is 1. The Labute approximate surface area is 151 Å². The van der Waals surface area contributed by atoms with Crippen LogP contribution in [0.4, 0.5) is 0 Å². The summed E-state index contributed by atoms with van der Waals surface area (Å²) in [5.74, 6) is 0.964. The van der Waals surface area contributed by atoms with Gasteiger partial charge in [0, 0.05) is 25.9 Å². The summed E-state index contributed by atoms with van der Waals surface area (Å²) >= 11 is 0. The van der Waals surface area contributed by atoms with Crippen molar-refractivity contribution >= 4 is 11.8 Å². The summed E-state index contributed by atoms with van der Waals surface area (Å²) in [5, 5.41) is 2.99. The van der Waals surface area contributed by atoms with Crippen molar-refractivity contribution < 1.29 is 19.1 Å². The number of nitrogens with zero attached hydrogens (tertiary/aromatic N) is 1. The third-order valence-electron chi connectivity index (χ3n) is 4.97. The van der Waals surface area contributed by atoms with Crippen molar-refractivity contribution in [2.45, 2.75) is 18.6 Å². The van der Waals surface area contributed by atoms with E-state index in [1.54, 1.807) is 30.2 Å². The van der Waals surface area contributed by atoms with Crippen molar-refractivity contribution in [1.82, 2.24) is 10.2 Å². The number of hydrogen-bond acceptors (Lipinski definition) is 4. The molecule has 6 nitrogen and oxygen atoms in total. The second kappa shape index (κ2) is 6.37. The van der Waals surface area contributed by atoms with Gasteiger partial charge in [0.2, 0.25) is 0 Å². The highest BCUT2D eigenvalue weighted by Gasteiger charge is 2.43. The molecule has 0 aliphatic carbocycles. The van der Waals surface area contributed by atoms with Gasteiger partial charge in [0.1, 0.15) is 11.5 Å². The van der Waals surface area contributed by atoms with Crippen LogP contribution in [0.2, 0.25) is 0 Å². The highest BCUT2D eigenvalue weighted by Crippen LogP contribution is 2.34. The second-order valence-corrected chi connectivity index (χ2v) is 6.54. The third kappa shape index (κ3) is 2.77. The quantitative estimate of drug-likeness (QED) is 0.901. The van der Waals surface area contributed by atoms with E-state index in [9.17, 15) is 9.59 Å². The van der Waals surface area contributed by atoms with Crippen LogP contribution in [0.1, 0.15) is 33.6 Å². The summed E-state index contributed by atoms with van der Waals surface area (Å²) in [6.45, 7) is 0.999. The molecule has 2 aliphatic rings. The van der Waals surface area contributed by atoms with Gasteiger partial charge in [-0.1, -0.05) is 24.3 Å². The molecule has 0 aromatic heterocycles. The minimum absolute atomic E-state index is 0.0696. The van der Waals surface area contributed by atoms with Gasteiger partial charge in [0.05, 0.1) is 18.2 Å². The molecule has 26 heavy (non-hydrogen) atoms. The zero-order valence-corrected chi connectivity index (χ0v) is 14.5. The van der Waals surface area contributed by atoms with Gasteiger partial charge >= 0.3 is 0 Å². The lowest BCUT2D eigenvalue weighted by atomic mass is 9.96. The number of para-hydroxylation sites is 2. The highest BCUT2D eigenvalue weighted by molar-refractivity contribution is 5.98. The normalized spacial score (nSPS) is 17.9. The number of carbonyl (C=O) groups excluding carboxylic acids is 2. The molecule has 1 saturated heterocycles. The molecule has 0 atom stereocenters. The van der Waals surface area contributed by atoms with E-state index < -0.39 is 5.72 Å². The van der Waals surface area contributed by atoms with Crippen LogP contribution in [0.3, 0.4) is 0 Å². The largest absolute Gasteiger partial charge is 0.496 e. The summed E-state index contributed by atoms with van der Waals surface area (Å²) in [5.41, 5.74) is 0.346. The Balaban J connectivity index is 1.50. The number of fused-ring (bicyclic) bond motifs is 1. The van der Waals surface area contributed by atoms with E-state index in [4.69, 9.17) is 9.47 Å². The maximum atomic E-state index is 12.8. The predicted molar refractivity (Wildman–Crippen MR) is 95.4 cm³/mol. The third-order valence-corrected chi connectivity index (χ3v) is 4.97. The molecular weight excluding hydrogens is 332 g/mol. The lowest BCUT2D eigenvalue weighted by Gasteiger charge is -2.44. The van der Waals surface area contributed by atoms with Crippen molar-refractivity contribution in [2.75, 3.05) is 20.2 Å². The lowest BCUT2D eigenvalue weighted by molar-refractivity contribution is -0.0245. The lowest BCUT2D eigenvalue weighted by Crippen LogP contribution is -2.61. The number of likely N-dealkylation sites (tertiary alicyclic amines) is 1. The number of carbonyl (C=O) groups is 2. The van der Waals surface area contributed by atoms with E-state index in [-0.39, 0.29) is 11.8 Å². The smallest absolute Gasteiger partial charge is 0.258 e. The van der Waals surface area contributed by atoms with Gasteiger partial charge in [-0.15, -0.1) is 0 Å². The van der Waals surface area contributed by atoms with Crippen LogP contribution in [-0.4, -0.2) is 42.6 Å². The van der Waals surface area contributed by atoms with Gasteiger partial charge in [-0.2, -0.15) is 0 Å². The number of nitrogens with one attached hydrogen (secondary N) is 1. The van der Waals surface area contributed by atoms with E-state index in [0.717, 1.165) is 0 Å². The number of ether oxygens (including phenoxy) is 2. The fourth-order valence-corrected chi connectivity index (χ4v) is 3.54. The molecule has 0 radical (unpaired) electrons. The van der Waals surface area contributed by atoms with Gasteiger partial charge in [0.15, 0.2) is 5.72 Å². The summed E-state index contributed by atoms with van der Waals surface area (Å²) in [6.07, 6.45) is 1.07. The zero-order valence-electron chi connectivity index (χ0n) is 14.5. The van der Waals surface area contributed by atoms with Crippen LogP contribution in [0.5, 0.6) is 11.5 Å². The van der Waals surface area contributed by atoms with Crippen LogP contribution < -0.4 is 14.8 Å². The first-order chi connectivity index (χ1) is 12.6. The Kier molecular flexibility index (Phi) is 4.03. The maximum Gasteiger partial charge on any atom is 0.258 e. The second-order valence-electron chi connectivity index (χ2n) is 6.54. The molecule has 0 bridgehead atoms. The molecular formula is C20H20N2O4. The number of benzene rings is 2. The summed E-state index contributed by atoms with van der Waals surface area (Å²) < 4.78 is 11.4. The van der Waals surface area contributed by atoms with E-state index in [2.05, 4.69) is 5.32 Å². The molecule has 1 spiro atoms. The standard InChI is InChI=1S/C20H20N2O4/c1-25-16-8-4-3-7-15(16)19(24)22-12-10-20(11-13-22)21-18(23)14-6-2-5-9-17(14)26-20/h2-9H,10-13H2,1H3,(H,21,23). The van der Waals surface area contributed by atoms with Gasteiger partial charge in [-0.05, 0) is 24.3 Å². The molecule has 2 aromatic carbocycles. The molecule has 2 heterocycles. The summed E-state index contributed by atoms with van der Waals surface area (Å²) in [4.78, 5) is 27.0. The molecule has 0 unspecified atom stereocenters. The van der Waals surface area contributed by atoms with Crippen LogP contribution in [0.15, 0.2) is 48.5 Å². The summed E-state index contributed by atoms with van der Waals surface area (Å²) in [7, 11) is 1.56. The van der Waals surface area contributed by atoms with Gasteiger partial charge in [-0.25, -0.2) is 0 Å². The highest BCUT2D eigenvalue weighted by atomic mass is 16.5. The molecule has 1 fully saturated rings. The number of methoxy groups -OCH3 is 1. The van der Waals surface area contributed by atoms with Gasteiger partial charge in [0.25, 0.3) is 11.8 Å². The Morgan fingerprint density at radius 2 is 1.81 bits per heavy atom. The van der Waals surface area contributed by atoms with E-state index >= 15 is 0 Å². The Bertz CT molecular complexity index is 856. The first-order valence-corrected chi connectivity index (χ1v) is 8.65. The number of hydrogen-bond donors (Lipinski definition) is 1. The molecule has 1 N–H and O–H groups in total. The van der Waals surface area contributed by atoms with Crippen LogP contribution >= 0.6 is 0 Å². The topological polar surface area (TPSA) is 67.9 Å². The Hall–Kier alpha value is -3.02. The Morgan fingerprint density at radius 1 is 1.12 bits per heavy atom. The SMILES string of the molecule is COc1ccccc1C(=O)N1CCC2(CC1)NC(=O)c1ccccc1O2. The van der Waals surface area contributed by atoms with Crippen molar-refractivity contribution in [3.8, 4) is 11.5 Å². The summed E-state index contributed by atoms with van der Waals surface area (Å²) in [6, 6.07) is 14.4. The molecule has 4 rings (SSSR count). The minimum atomic E-state index is -0.747. The van der Waals surface area contributed by atoms with E-state index in [1.165, 1.54) is 0 Å². The van der Waals surface area contributed by atoms with Gasteiger partial charge in [-0.3, -0.25) is 9.59 Å². The van der Waals surface area contributed by atoms with E-state index in [0.29, 0.717) is 48.6 Å². The molecule has 0 saturated carbocycles. The van der Waals surface area contributed by atoms with Crippen molar-refractivity contribution in [1.29, 1.82) is 0 Å². The molecule has 2 aromatic rings. The van der Waals surface area contributed by atoms with E-state index in [1.807, 2.05) is 30.3 Å².